The molecule has 4 nitrogen and oxygen atoms in total. The molecule has 5 heteroatoms. The van der Waals surface area contributed by atoms with Crippen molar-refractivity contribution >= 4 is 29.1 Å². The van der Waals surface area contributed by atoms with Crippen LogP contribution in [0.3, 0.4) is 0 Å². The van der Waals surface area contributed by atoms with Gasteiger partial charge < -0.3 is 5.11 Å². The normalized spacial score (nSPS) is 25.8. The Labute approximate surface area is 115 Å². The van der Waals surface area contributed by atoms with E-state index in [2.05, 4.69) is 0 Å². The Morgan fingerprint density at radius 3 is 2.21 bits per heavy atom. The molecule has 1 heterocycles. The van der Waals surface area contributed by atoms with Crippen LogP contribution in [0.2, 0.25) is 5.02 Å². The molecule has 0 aromatic heterocycles. The summed E-state index contributed by atoms with van der Waals surface area (Å²) < 4.78 is 0. The average molecular weight is 278 g/mol. The lowest BCUT2D eigenvalue weighted by Gasteiger charge is -2.16. The highest BCUT2D eigenvalue weighted by atomic mass is 35.5. The van der Waals surface area contributed by atoms with Crippen molar-refractivity contribution in [2.45, 2.75) is 12.8 Å². The number of amides is 2. The average Bonchev–Trinajstić information content (AvgIpc) is 2.64. The maximum absolute atomic E-state index is 12.3. The molecule has 3 rings (SSSR count). The van der Waals surface area contributed by atoms with Gasteiger partial charge >= 0.3 is 0 Å². The number of aromatic hydroxyl groups is 1. The molecule has 98 valence electrons. The molecular weight excluding hydrogens is 266 g/mol. The lowest BCUT2D eigenvalue weighted by molar-refractivity contribution is -0.122. The zero-order chi connectivity index (χ0) is 13.6. The van der Waals surface area contributed by atoms with Crippen LogP contribution >= 0.6 is 11.6 Å². The number of hydrogen-bond acceptors (Lipinski definition) is 3. The molecule has 19 heavy (non-hydrogen) atoms. The molecule has 0 bridgehead atoms. The fourth-order valence-electron chi connectivity index (χ4n) is 2.72. The number of allylic oxidation sites excluding steroid dienone is 2. The fourth-order valence-corrected chi connectivity index (χ4v) is 2.89. The number of halogens is 1. The van der Waals surface area contributed by atoms with E-state index in [0.29, 0.717) is 17.9 Å². The molecule has 1 aliphatic carbocycles. The molecule has 2 aliphatic rings. The van der Waals surface area contributed by atoms with Gasteiger partial charge in [0.25, 0.3) is 0 Å². The number of nitrogens with zero attached hydrogens (tertiary/aromatic N) is 1. The molecule has 0 spiro atoms. The first-order chi connectivity index (χ1) is 9.09. The lowest BCUT2D eigenvalue weighted by atomic mass is 9.85. The Morgan fingerprint density at radius 1 is 1.11 bits per heavy atom. The third kappa shape index (κ3) is 1.83. The minimum absolute atomic E-state index is 0.152. The number of fused-ring (bicyclic) bond motifs is 1. The summed E-state index contributed by atoms with van der Waals surface area (Å²) in [7, 11) is 0. The summed E-state index contributed by atoms with van der Waals surface area (Å²) >= 11 is 5.76. The van der Waals surface area contributed by atoms with E-state index in [9.17, 15) is 14.7 Å². The largest absolute Gasteiger partial charge is 0.506 e. The van der Waals surface area contributed by atoms with E-state index in [1.807, 2.05) is 12.2 Å². The van der Waals surface area contributed by atoms with Gasteiger partial charge in [-0.2, -0.15) is 0 Å². The first-order valence-corrected chi connectivity index (χ1v) is 6.48. The molecule has 1 saturated heterocycles. The van der Waals surface area contributed by atoms with Crippen molar-refractivity contribution in [2.75, 3.05) is 4.90 Å². The number of imide groups is 1. The molecular formula is C14H12ClNO3. The summed E-state index contributed by atoms with van der Waals surface area (Å²) in [6.07, 6.45) is 5.02. The SMILES string of the molecule is O=C1[C@H]2CC=CC[C@H]2C(=O)N1c1ccc(Cl)cc1O. The van der Waals surface area contributed by atoms with Gasteiger partial charge in [-0.3, -0.25) is 9.59 Å². The predicted octanol–water partition coefficient (Wildman–Crippen LogP) is 2.50. The van der Waals surface area contributed by atoms with E-state index in [1.54, 1.807) is 6.07 Å². The Balaban J connectivity index is 2.02. The first kappa shape index (κ1) is 12.2. The van der Waals surface area contributed by atoms with E-state index in [-0.39, 0.29) is 35.1 Å². The number of carbonyl (C=O) groups excluding carboxylic acids is 2. The summed E-state index contributed by atoms with van der Waals surface area (Å²) in [5, 5.41) is 10.2. The monoisotopic (exact) mass is 277 g/mol. The van der Waals surface area contributed by atoms with Crippen molar-refractivity contribution in [1.82, 2.24) is 0 Å². The molecule has 0 unspecified atom stereocenters. The first-order valence-electron chi connectivity index (χ1n) is 6.11. The van der Waals surface area contributed by atoms with Crippen molar-refractivity contribution in [3.05, 3.63) is 35.4 Å². The lowest BCUT2D eigenvalue weighted by Crippen LogP contribution is -2.30. The van der Waals surface area contributed by atoms with Gasteiger partial charge in [0.15, 0.2) is 0 Å². The van der Waals surface area contributed by atoms with Crippen molar-refractivity contribution in [3.63, 3.8) is 0 Å². The van der Waals surface area contributed by atoms with E-state index in [4.69, 9.17) is 11.6 Å². The Morgan fingerprint density at radius 2 is 1.68 bits per heavy atom. The van der Waals surface area contributed by atoms with E-state index in [1.165, 1.54) is 12.1 Å². The quantitative estimate of drug-likeness (QED) is 0.634. The van der Waals surface area contributed by atoms with Crippen LogP contribution in [-0.4, -0.2) is 16.9 Å². The molecule has 1 aromatic rings. The molecule has 1 N–H and O–H groups in total. The number of hydrogen-bond donors (Lipinski definition) is 1. The Bertz CT molecular complexity index is 570. The minimum Gasteiger partial charge on any atom is -0.506 e. The Kier molecular flexibility index (Phi) is 2.82. The second kappa shape index (κ2) is 4.38. The molecule has 1 fully saturated rings. The van der Waals surface area contributed by atoms with E-state index in [0.717, 1.165) is 4.90 Å². The third-order valence-electron chi connectivity index (χ3n) is 3.69. The molecule has 1 aliphatic heterocycles. The van der Waals surface area contributed by atoms with Gasteiger partial charge in [0, 0.05) is 11.1 Å². The highest BCUT2D eigenvalue weighted by molar-refractivity contribution is 6.31. The molecule has 1 aromatic carbocycles. The summed E-state index contributed by atoms with van der Waals surface area (Å²) in [6, 6.07) is 4.38. The van der Waals surface area contributed by atoms with Crippen LogP contribution in [0.1, 0.15) is 12.8 Å². The van der Waals surface area contributed by atoms with Crippen molar-refractivity contribution in [1.29, 1.82) is 0 Å². The standard InChI is InChI=1S/C14H12ClNO3/c15-8-5-6-11(12(17)7-8)16-13(18)9-3-1-2-4-10(9)14(16)19/h1-2,5-7,9-10,17H,3-4H2/t9-,10+. The Hall–Kier alpha value is -1.81. The van der Waals surface area contributed by atoms with Crippen LogP contribution in [0.4, 0.5) is 5.69 Å². The van der Waals surface area contributed by atoms with Crippen LogP contribution < -0.4 is 4.90 Å². The number of benzene rings is 1. The predicted molar refractivity (Wildman–Crippen MR) is 71.0 cm³/mol. The fraction of sp³-hybridized carbons (Fsp3) is 0.286. The highest BCUT2D eigenvalue weighted by Crippen LogP contribution is 2.40. The van der Waals surface area contributed by atoms with Gasteiger partial charge in [-0.05, 0) is 25.0 Å². The minimum atomic E-state index is -0.299. The van der Waals surface area contributed by atoms with E-state index >= 15 is 0 Å². The number of anilines is 1. The second-order valence-corrected chi connectivity index (χ2v) is 5.24. The number of rotatable bonds is 1. The summed E-state index contributed by atoms with van der Waals surface area (Å²) in [4.78, 5) is 25.7. The van der Waals surface area contributed by atoms with Gasteiger partial charge in [-0.15, -0.1) is 0 Å². The smallest absolute Gasteiger partial charge is 0.238 e. The van der Waals surface area contributed by atoms with Gasteiger partial charge in [0.2, 0.25) is 11.8 Å². The molecule has 2 amide bonds. The van der Waals surface area contributed by atoms with Crippen molar-refractivity contribution in [2.24, 2.45) is 11.8 Å². The number of phenolic OH excluding ortho intramolecular Hbond substituents is 1. The zero-order valence-electron chi connectivity index (χ0n) is 10.0. The van der Waals surface area contributed by atoms with Crippen LogP contribution in [-0.2, 0) is 9.59 Å². The topological polar surface area (TPSA) is 57.6 Å². The number of phenols is 1. The van der Waals surface area contributed by atoms with Gasteiger partial charge in [-0.1, -0.05) is 23.8 Å². The molecule has 0 radical (unpaired) electrons. The zero-order valence-corrected chi connectivity index (χ0v) is 10.8. The second-order valence-electron chi connectivity index (χ2n) is 4.80. The van der Waals surface area contributed by atoms with Crippen molar-refractivity contribution in [3.8, 4) is 5.75 Å². The highest BCUT2D eigenvalue weighted by Gasteiger charge is 2.48. The molecule has 2 atom stereocenters. The van der Waals surface area contributed by atoms with Crippen LogP contribution in [0.25, 0.3) is 0 Å². The van der Waals surface area contributed by atoms with Gasteiger partial charge in [-0.25, -0.2) is 4.90 Å². The van der Waals surface area contributed by atoms with Crippen LogP contribution in [0, 0.1) is 11.8 Å². The van der Waals surface area contributed by atoms with Crippen molar-refractivity contribution < 1.29 is 14.7 Å². The van der Waals surface area contributed by atoms with Crippen LogP contribution in [0.5, 0.6) is 5.75 Å². The van der Waals surface area contributed by atoms with Crippen LogP contribution in [0.15, 0.2) is 30.4 Å². The maximum Gasteiger partial charge on any atom is 0.238 e. The van der Waals surface area contributed by atoms with Gasteiger partial charge in [0.05, 0.1) is 17.5 Å². The summed E-state index contributed by atoms with van der Waals surface area (Å²) in [5.74, 6) is -1.23. The van der Waals surface area contributed by atoms with E-state index < -0.39 is 0 Å². The summed E-state index contributed by atoms with van der Waals surface area (Å²) in [6.45, 7) is 0. The van der Waals surface area contributed by atoms with Gasteiger partial charge in [0.1, 0.15) is 5.75 Å². The third-order valence-corrected chi connectivity index (χ3v) is 3.92. The summed E-state index contributed by atoms with van der Waals surface area (Å²) in [5.41, 5.74) is 0.216. The number of carbonyl (C=O) groups is 2. The molecule has 0 saturated carbocycles. The maximum atomic E-state index is 12.3.